The molecule has 4 rings (SSSR count). The first-order valence-electron chi connectivity index (χ1n) is 12.2. The molecule has 0 radical (unpaired) electrons. The molecule has 0 bridgehead atoms. The summed E-state index contributed by atoms with van der Waals surface area (Å²) in [5.74, 6) is 4.19. The zero-order valence-electron chi connectivity index (χ0n) is 21.0. The van der Waals surface area contributed by atoms with Gasteiger partial charge in [-0.2, -0.15) is 4.31 Å². The molecule has 2 amide bonds. The van der Waals surface area contributed by atoms with Crippen molar-refractivity contribution in [2.75, 3.05) is 32.7 Å². The number of fused-ring (bicyclic) bond motifs is 1. The number of benzene rings is 2. The van der Waals surface area contributed by atoms with Crippen LogP contribution in [0.25, 0.3) is 10.8 Å². The van der Waals surface area contributed by atoms with E-state index in [2.05, 4.69) is 10.3 Å². The van der Waals surface area contributed by atoms with E-state index in [1.165, 1.54) is 17.2 Å². The van der Waals surface area contributed by atoms with Crippen LogP contribution < -0.4 is 11.2 Å². The van der Waals surface area contributed by atoms with Crippen LogP contribution in [-0.4, -0.2) is 90.3 Å². The van der Waals surface area contributed by atoms with E-state index in [9.17, 15) is 22.8 Å². The highest BCUT2D eigenvalue weighted by atomic mass is 32.2. The van der Waals surface area contributed by atoms with Crippen LogP contribution >= 0.6 is 11.3 Å². The van der Waals surface area contributed by atoms with Crippen LogP contribution in [-0.2, 0) is 19.6 Å². The van der Waals surface area contributed by atoms with E-state index in [-0.39, 0.29) is 48.3 Å². The number of nitrogens with two attached hydrogens (primary N) is 1. The fourth-order valence-electron chi connectivity index (χ4n) is 4.26. The Hall–Kier alpha value is -3.72. The average Bonchev–Trinajstić information content (AvgIpc) is 3.48. The van der Waals surface area contributed by atoms with Gasteiger partial charge < -0.3 is 15.2 Å². The number of amides is 2. The minimum atomic E-state index is -3.91. The molecule has 1 aliphatic rings. The summed E-state index contributed by atoms with van der Waals surface area (Å²) < 4.78 is 27.5. The van der Waals surface area contributed by atoms with Crippen molar-refractivity contribution in [3.8, 4) is 0 Å². The summed E-state index contributed by atoms with van der Waals surface area (Å²) in [5, 5.41) is 14.6. The first kappa shape index (κ1) is 28.3. The molecule has 14 heteroatoms. The SMILES string of the molecule is N=CN(N)CCC[C@H](NC(=O)CN1CCN(S(=O)(=O)c2ccc3ccccc3c2)CC1=O)C(=O)c1nccs1. The van der Waals surface area contributed by atoms with Crippen LogP contribution in [0.3, 0.4) is 0 Å². The van der Waals surface area contributed by atoms with Gasteiger partial charge in [0, 0.05) is 31.2 Å². The van der Waals surface area contributed by atoms with E-state index in [0.717, 1.165) is 37.8 Å². The van der Waals surface area contributed by atoms with Gasteiger partial charge in [0.05, 0.1) is 30.4 Å². The Balaban J connectivity index is 1.37. The van der Waals surface area contributed by atoms with E-state index in [4.69, 9.17) is 11.3 Å². The first-order valence-corrected chi connectivity index (χ1v) is 14.5. The molecule has 1 aliphatic heterocycles. The number of carbonyl (C=O) groups is 3. The summed E-state index contributed by atoms with van der Waals surface area (Å²) in [7, 11) is -3.91. The highest BCUT2D eigenvalue weighted by molar-refractivity contribution is 7.89. The summed E-state index contributed by atoms with van der Waals surface area (Å²) in [6.07, 6.45) is 3.15. The number of hydrogen-bond acceptors (Lipinski definition) is 9. The predicted molar refractivity (Wildman–Crippen MR) is 147 cm³/mol. The van der Waals surface area contributed by atoms with Crippen molar-refractivity contribution in [3.63, 3.8) is 0 Å². The molecule has 12 nitrogen and oxygen atoms in total. The van der Waals surface area contributed by atoms with Crippen LogP contribution in [0.4, 0.5) is 0 Å². The lowest BCUT2D eigenvalue weighted by molar-refractivity contribution is -0.138. The van der Waals surface area contributed by atoms with Gasteiger partial charge in [-0.15, -0.1) is 11.3 Å². The molecule has 2 heterocycles. The zero-order chi connectivity index (χ0) is 28.0. The molecule has 1 fully saturated rings. The predicted octanol–water partition coefficient (Wildman–Crippen LogP) is 1.06. The Morgan fingerprint density at radius 3 is 2.67 bits per heavy atom. The van der Waals surface area contributed by atoms with Crippen LogP contribution in [0.2, 0.25) is 0 Å². The zero-order valence-corrected chi connectivity index (χ0v) is 22.7. The number of nitrogens with zero attached hydrogens (tertiary/aromatic N) is 4. The van der Waals surface area contributed by atoms with E-state index < -0.39 is 27.9 Å². The highest BCUT2D eigenvalue weighted by Crippen LogP contribution is 2.23. The maximum atomic E-state index is 13.2. The Labute approximate surface area is 229 Å². The van der Waals surface area contributed by atoms with Crippen LogP contribution in [0.1, 0.15) is 22.6 Å². The van der Waals surface area contributed by atoms with Crippen molar-refractivity contribution in [1.29, 1.82) is 5.41 Å². The van der Waals surface area contributed by atoms with Crippen molar-refractivity contribution in [1.82, 2.24) is 24.5 Å². The molecule has 1 aromatic heterocycles. The summed E-state index contributed by atoms with van der Waals surface area (Å²) >= 11 is 1.16. The average molecular weight is 572 g/mol. The molecule has 0 unspecified atom stereocenters. The fourth-order valence-corrected chi connectivity index (χ4v) is 6.30. The minimum absolute atomic E-state index is 0.0333. The van der Waals surface area contributed by atoms with Crippen molar-refractivity contribution >= 4 is 56.1 Å². The van der Waals surface area contributed by atoms with E-state index in [0.29, 0.717) is 13.0 Å². The summed E-state index contributed by atoms with van der Waals surface area (Å²) in [6, 6.07) is 11.4. The van der Waals surface area contributed by atoms with Gasteiger partial charge in [-0.3, -0.25) is 19.8 Å². The maximum Gasteiger partial charge on any atom is 0.243 e. The lowest BCUT2D eigenvalue weighted by Gasteiger charge is -2.33. The fraction of sp³-hybridized carbons (Fsp3) is 0.320. The molecule has 2 aromatic carbocycles. The summed E-state index contributed by atoms with van der Waals surface area (Å²) in [4.78, 5) is 44.0. The first-order chi connectivity index (χ1) is 18.7. The number of ketones is 1. The Morgan fingerprint density at radius 1 is 1.21 bits per heavy atom. The molecular formula is C25H29N7O5S2. The normalized spacial score (nSPS) is 15.2. The number of aromatic nitrogens is 1. The Bertz CT molecular complexity index is 1460. The van der Waals surface area contributed by atoms with Gasteiger partial charge in [-0.1, -0.05) is 30.3 Å². The number of sulfonamides is 1. The van der Waals surface area contributed by atoms with Gasteiger partial charge in [0.2, 0.25) is 27.6 Å². The van der Waals surface area contributed by atoms with Crippen molar-refractivity contribution in [2.24, 2.45) is 5.84 Å². The highest BCUT2D eigenvalue weighted by Gasteiger charge is 2.34. The largest absolute Gasteiger partial charge is 0.344 e. The molecule has 0 aliphatic carbocycles. The second kappa shape index (κ2) is 12.4. The molecule has 0 spiro atoms. The molecule has 39 heavy (non-hydrogen) atoms. The number of hydrogen-bond donors (Lipinski definition) is 3. The Kier molecular flexibility index (Phi) is 9.01. The molecule has 3 aromatic rings. The smallest absolute Gasteiger partial charge is 0.243 e. The van der Waals surface area contributed by atoms with Gasteiger partial charge in [0.15, 0.2) is 5.01 Å². The third-order valence-electron chi connectivity index (χ3n) is 6.35. The van der Waals surface area contributed by atoms with Gasteiger partial charge >= 0.3 is 0 Å². The number of nitrogens with one attached hydrogen (secondary N) is 2. The van der Waals surface area contributed by atoms with Gasteiger partial charge in [-0.05, 0) is 35.7 Å². The number of carbonyl (C=O) groups excluding carboxylic acids is 3. The summed E-state index contributed by atoms with van der Waals surface area (Å²) in [6.45, 7) is -0.321. The standard InChI is InChI=1S/C25H29N7O5S2/c26-17-31(27)10-3-6-21(24(35)25-28-9-13-38-25)29-22(33)15-30-11-12-32(16-23(30)34)39(36,37)20-8-7-18-4-1-2-5-19(18)14-20/h1-2,4-5,7-9,13-14,17,21,26H,3,6,10-12,15-16,27H2,(H,29,33)/t21-/m0/s1. The van der Waals surface area contributed by atoms with Crippen LogP contribution in [0.15, 0.2) is 58.9 Å². The molecule has 4 N–H and O–H groups in total. The third-order valence-corrected chi connectivity index (χ3v) is 8.98. The van der Waals surface area contributed by atoms with Gasteiger partial charge in [-0.25, -0.2) is 19.2 Å². The second-order valence-corrected chi connectivity index (χ2v) is 11.8. The van der Waals surface area contributed by atoms with Crippen molar-refractivity contribution < 1.29 is 22.8 Å². The second-order valence-electron chi connectivity index (χ2n) is 8.99. The number of rotatable bonds is 12. The quantitative estimate of drug-likeness (QED) is 0.0953. The van der Waals surface area contributed by atoms with Crippen LogP contribution in [0.5, 0.6) is 0 Å². The molecule has 0 saturated carbocycles. The van der Waals surface area contributed by atoms with Gasteiger partial charge in [0.1, 0.15) is 0 Å². The third kappa shape index (κ3) is 6.84. The molecular weight excluding hydrogens is 542 g/mol. The van der Waals surface area contributed by atoms with E-state index in [1.54, 1.807) is 17.5 Å². The minimum Gasteiger partial charge on any atom is -0.344 e. The number of piperazine rings is 1. The van der Waals surface area contributed by atoms with Crippen LogP contribution in [0, 0.1) is 5.41 Å². The topological polar surface area (TPSA) is 170 Å². The number of Topliss-reactive ketones (excluding diaryl/α,β-unsaturated/α-hetero) is 1. The number of hydrazine groups is 1. The lowest BCUT2D eigenvalue weighted by atomic mass is 10.1. The van der Waals surface area contributed by atoms with Gasteiger partial charge in [0.25, 0.3) is 0 Å². The molecule has 1 atom stereocenters. The summed E-state index contributed by atoms with van der Waals surface area (Å²) in [5.41, 5.74) is 0. The maximum absolute atomic E-state index is 13.2. The number of thiazole rings is 1. The monoisotopic (exact) mass is 571 g/mol. The van der Waals surface area contributed by atoms with E-state index in [1.807, 2.05) is 24.3 Å². The van der Waals surface area contributed by atoms with E-state index >= 15 is 0 Å². The lowest BCUT2D eigenvalue weighted by Crippen LogP contribution is -2.55. The molecule has 206 valence electrons. The van der Waals surface area contributed by atoms with Crippen molar-refractivity contribution in [3.05, 3.63) is 59.0 Å². The molecule has 1 saturated heterocycles. The van der Waals surface area contributed by atoms with Crippen molar-refractivity contribution in [2.45, 2.75) is 23.8 Å². The Morgan fingerprint density at radius 2 is 1.97 bits per heavy atom.